The van der Waals surface area contributed by atoms with E-state index in [0.29, 0.717) is 43.1 Å². The first-order chi connectivity index (χ1) is 11.6. The lowest BCUT2D eigenvalue weighted by Gasteiger charge is -2.32. The summed E-state index contributed by atoms with van der Waals surface area (Å²) in [5.74, 6) is 1.52. The Kier molecular flexibility index (Phi) is 5.14. The van der Waals surface area contributed by atoms with Crippen LogP contribution in [0.5, 0.6) is 0 Å². The molecule has 3 rings (SSSR count). The molecule has 0 radical (unpaired) electrons. The number of amides is 1. The molecule has 1 N–H and O–H groups in total. The van der Waals surface area contributed by atoms with E-state index in [0.717, 1.165) is 12.8 Å². The van der Waals surface area contributed by atoms with Crippen LogP contribution in [0.25, 0.3) is 0 Å². The molecule has 0 spiro atoms. The van der Waals surface area contributed by atoms with Gasteiger partial charge < -0.3 is 14.7 Å². The highest BCUT2D eigenvalue weighted by molar-refractivity contribution is 5.92. The van der Waals surface area contributed by atoms with E-state index in [-0.39, 0.29) is 11.8 Å². The summed E-state index contributed by atoms with van der Waals surface area (Å²) in [6.07, 6.45) is 6.39. The van der Waals surface area contributed by atoms with Crippen molar-refractivity contribution in [3.8, 4) is 0 Å². The first-order valence-electron chi connectivity index (χ1n) is 8.24. The molecule has 24 heavy (non-hydrogen) atoms. The Bertz CT molecular complexity index is 664. The molecule has 8 nitrogen and oxygen atoms in total. The lowest BCUT2D eigenvalue weighted by molar-refractivity contribution is 0.0698. The van der Waals surface area contributed by atoms with E-state index in [2.05, 4.69) is 25.4 Å². The maximum Gasteiger partial charge on any atom is 0.274 e. The first-order valence-corrected chi connectivity index (χ1v) is 8.24. The van der Waals surface area contributed by atoms with Gasteiger partial charge in [0.1, 0.15) is 5.69 Å². The second-order valence-corrected chi connectivity index (χ2v) is 6.24. The average Bonchev–Trinajstić information content (AvgIpc) is 3.10. The molecule has 2 aromatic heterocycles. The van der Waals surface area contributed by atoms with Crippen molar-refractivity contribution in [3.63, 3.8) is 0 Å². The average molecular weight is 330 g/mol. The number of hydrogen-bond acceptors (Lipinski definition) is 7. The van der Waals surface area contributed by atoms with Gasteiger partial charge in [-0.2, -0.15) is 4.98 Å². The summed E-state index contributed by atoms with van der Waals surface area (Å²) in [5.41, 5.74) is 0.400. The Morgan fingerprint density at radius 2 is 2.17 bits per heavy atom. The first kappa shape index (κ1) is 16.5. The van der Waals surface area contributed by atoms with Crippen LogP contribution in [0.2, 0.25) is 0 Å². The highest BCUT2D eigenvalue weighted by Gasteiger charge is 2.24. The van der Waals surface area contributed by atoms with E-state index in [1.54, 1.807) is 6.20 Å². The lowest BCUT2D eigenvalue weighted by atomic mass is 10.0. The van der Waals surface area contributed by atoms with Gasteiger partial charge >= 0.3 is 0 Å². The summed E-state index contributed by atoms with van der Waals surface area (Å²) in [7, 11) is 0. The van der Waals surface area contributed by atoms with E-state index in [4.69, 9.17) is 4.52 Å². The number of rotatable bonds is 5. The molecule has 0 bridgehead atoms. The van der Waals surface area contributed by atoms with Crippen LogP contribution in [-0.2, 0) is 6.54 Å². The van der Waals surface area contributed by atoms with E-state index in [9.17, 15) is 4.79 Å². The minimum absolute atomic E-state index is 0.0544. The van der Waals surface area contributed by atoms with Gasteiger partial charge in [-0.05, 0) is 12.8 Å². The fourth-order valence-electron chi connectivity index (χ4n) is 2.67. The van der Waals surface area contributed by atoms with E-state index in [1.165, 1.54) is 12.4 Å². The Balaban J connectivity index is 1.46. The van der Waals surface area contributed by atoms with Crippen molar-refractivity contribution in [2.24, 2.45) is 0 Å². The van der Waals surface area contributed by atoms with E-state index >= 15 is 0 Å². The van der Waals surface area contributed by atoms with E-state index in [1.807, 2.05) is 18.7 Å². The molecule has 0 aromatic carbocycles. The van der Waals surface area contributed by atoms with Crippen molar-refractivity contribution in [3.05, 3.63) is 36.0 Å². The SMILES string of the molecule is CC(C)c1nc(CNC2CCN(C(=O)c3cnccn3)CC2)no1. The number of hydrogen-bond donors (Lipinski definition) is 1. The predicted molar refractivity (Wildman–Crippen MR) is 86.2 cm³/mol. The lowest BCUT2D eigenvalue weighted by Crippen LogP contribution is -2.45. The summed E-state index contributed by atoms with van der Waals surface area (Å²) >= 11 is 0. The molecule has 1 amide bonds. The van der Waals surface area contributed by atoms with Crippen molar-refractivity contribution in [1.29, 1.82) is 0 Å². The fourth-order valence-corrected chi connectivity index (χ4v) is 2.67. The third-order valence-corrected chi connectivity index (χ3v) is 4.09. The maximum absolute atomic E-state index is 12.3. The van der Waals surface area contributed by atoms with Gasteiger partial charge in [0.25, 0.3) is 5.91 Å². The Morgan fingerprint density at radius 3 is 2.79 bits per heavy atom. The number of piperidine rings is 1. The summed E-state index contributed by atoms with van der Waals surface area (Å²) in [4.78, 5) is 26.5. The molecular formula is C16H22N6O2. The minimum atomic E-state index is -0.0544. The Hall–Kier alpha value is -2.35. The monoisotopic (exact) mass is 330 g/mol. The fraction of sp³-hybridized carbons (Fsp3) is 0.562. The topological polar surface area (TPSA) is 97.0 Å². The summed E-state index contributed by atoms with van der Waals surface area (Å²) in [6, 6.07) is 0.344. The third-order valence-electron chi connectivity index (χ3n) is 4.09. The van der Waals surface area contributed by atoms with Crippen molar-refractivity contribution in [2.45, 2.75) is 45.2 Å². The van der Waals surface area contributed by atoms with Crippen LogP contribution in [0.3, 0.4) is 0 Å². The van der Waals surface area contributed by atoms with Gasteiger partial charge in [-0.3, -0.25) is 9.78 Å². The van der Waals surface area contributed by atoms with Crippen molar-refractivity contribution < 1.29 is 9.32 Å². The molecular weight excluding hydrogens is 308 g/mol. The molecule has 0 atom stereocenters. The van der Waals surface area contributed by atoms with Gasteiger partial charge in [-0.1, -0.05) is 19.0 Å². The van der Waals surface area contributed by atoms with Gasteiger partial charge in [-0.25, -0.2) is 4.98 Å². The molecule has 1 fully saturated rings. The van der Waals surface area contributed by atoms with Crippen molar-refractivity contribution >= 4 is 5.91 Å². The maximum atomic E-state index is 12.3. The molecule has 128 valence electrons. The number of carbonyl (C=O) groups is 1. The number of carbonyl (C=O) groups excluding carboxylic acids is 1. The number of nitrogens with one attached hydrogen (secondary N) is 1. The molecule has 1 aliphatic heterocycles. The number of likely N-dealkylation sites (tertiary alicyclic amines) is 1. The van der Waals surface area contributed by atoms with Crippen LogP contribution >= 0.6 is 0 Å². The van der Waals surface area contributed by atoms with Gasteiger partial charge in [0.15, 0.2) is 5.82 Å². The summed E-state index contributed by atoms with van der Waals surface area (Å²) in [5, 5.41) is 7.41. The second kappa shape index (κ2) is 7.48. The Labute approximate surface area is 140 Å². The van der Waals surface area contributed by atoms with Crippen LogP contribution < -0.4 is 5.32 Å². The summed E-state index contributed by atoms with van der Waals surface area (Å²) < 4.78 is 5.20. The molecule has 8 heteroatoms. The van der Waals surface area contributed by atoms with Crippen LogP contribution in [0, 0.1) is 0 Å². The van der Waals surface area contributed by atoms with Crippen LogP contribution in [0.15, 0.2) is 23.1 Å². The van der Waals surface area contributed by atoms with Crippen LogP contribution in [0.1, 0.15) is 54.8 Å². The zero-order valence-electron chi connectivity index (χ0n) is 14.0. The summed E-state index contributed by atoms with van der Waals surface area (Å²) in [6.45, 7) is 6.04. The molecule has 3 heterocycles. The van der Waals surface area contributed by atoms with Gasteiger partial charge in [0, 0.05) is 37.4 Å². The highest BCUT2D eigenvalue weighted by atomic mass is 16.5. The van der Waals surface area contributed by atoms with Gasteiger partial charge in [0.2, 0.25) is 5.89 Å². The third kappa shape index (κ3) is 3.94. The molecule has 0 saturated carbocycles. The molecule has 1 saturated heterocycles. The van der Waals surface area contributed by atoms with Crippen molar-refractivity contribution in [2.75, 3.05) is 13.1 Å². The van der Waals surface area contributed by atoms with Crippen LogP contribution in [-0.4, -0.2) is 50.0 Å². The number of aromatic nitrogens is 4. The highest BCUT2D eigenvalue weighted by Crippen LogP contribution is 2.14. The van der Waals surface area contributed by atoms with Crippen LogP contribution in [0.4, 0.5) is 0 Å². The molecule has 1 aliphatic rings. The largest absolute Gasteiger partial charge is 0.339 e. The predicted octanol–water partition coefficient (Wildman–Crippen LogP) is 1.38. The normalized spacial score (nSPS) is 15.9. The minimum Gasteiger partial charge on any atom is -0.339 e. The van der Waals surface area contributed by atoms with Gasteiger partial charge in [-0.15, -0.1) is 0 Å². The van der Waals surface area contributed by atoms with Gasteiger partial charge in [0.05, 0.1) is 12.7 Å². The smallest absolute Gasteiger partial charge is 0.274 e. The standard InChI is InChI=1S/C16H22N6O2/c1-11(2)15-20-14(21-24-15)10-19-12-3-7-22(8-4-12)16(23)13-9-17-5-6-18-13/h5-6,9,11-12,19H,3-4,7-8,10H2,1-2H3. The molecule has 0 aliphatic carbocycles. The quantitative estimate of drug-likeness (QED) is 0.884. The second-order valence-electron chi connectivity index (χ2n) is 6.24. The zero-order valence-corrected chi connectivity index (χ0v) is 14.0. The van der Waals surface area contributed by atoms with Crippen molar-refractivity contribution in [1.82, 2.24) is 30.3 Å². The Morgan fingerprint density at radius 1 is 1.38 bits per heavy atom. The van der Waals surface area contributed by atoms with E-state index < -0.39 is 0 Å². The molecule has 0 unspecified atom stereocenters. The molecule has 2 aromatic rings. The number of nitrogens with zero attached hydrogens (tertiary/aromatic N) is 5. The zero-order chi connectivity index (χ0) is 16.9.